The van der Waals surface area contributed by atoms with Crippen molar-refractivity contribution in [1.82, 2.24) is 9.97 Å². The van der Waals surface area contributed by atoms with Crippen molar-refractivity contribution in [3.63, 3.8) is 0 Å². The van der Waals surface area contributed by atoms with Crippen LogP contribution in [-0.4, -0.2) is 9.97 Å². The van der Waals surface area contributed by atoms with Crippen LogP contribution in [0.15, 0.2) is 30.7 Å². The van der Waals surface area contributed by atoms with Gasteiger partial charge in [0.25, 0.3) is 0 Å². The fourth-order valence-electron chi connectivity index (χ4n) is 1.17. The number of halogens is 2. The molecule has 0 aliphatic heterocycles. The predicted molar refractivity (Wildman–Crippen MR) is 56.1 cm³/mol. The molecule has 0 aliphatic rings. The number of hydrogen-bond donors (Lipinski definition) is 2. The second kappa shape index (κ2) is 4.09. The average Bonchev–Trinajstić information content (AvgIpc) is 2.27. The molecular formula is C10H8F2N4. The Hall–Kier alpha value is -2.24. The molecule has 2 rings (SSSR count). The summed E-state index contributed by atoms with van der Waals surface area (Å²) in [4.78, 5) is 7.49. The van der Waals surface area contributed by atoms with Gasteiger partial charge in [0.1, 0.15) is 18.0 Å². The average molecular weight is 222 g/mol. The van der Waals surface area contributed by atoms with Crippen molar-refractivity contribution in [3.8, 4) is 0 Å². The number of aromatic nitrogens is 2. The van der Waals surface area contributed by atoms with E-state index in [-0.39, 0.29) is 17.2 Å². The first kappa shape index (κ1) is 10.3. The van der Waals surface area contributed by atoms with Gasteiger partial charge in [0, 0.05) is 6.07 Å². The molecule has 2 aromatic rings. The van der Waals surface area contributed by atoms with Gasteiger partial charge >= 0.3 is 0 Å². The van der Waals surface area contributed by atoms with Crippen molar-refractivity contribution in [3.05, 3.63) is 42.4 Å². The second-order valence-corrected chi connectivity index (χ2v) is 3.08. The van der Waals surface area contributed by atoms with E-state index < -0.39 is 11.6 Å². The van der Waals surface area contributed by atoms with Gasteiger partial charge in [-0.05, 0) is 12.1 Å². The van der Waals surface area contributed by atoms with Gasteiger partial charge < -0.3 is 11.1 Å². The highest BCUT2D eigenvalue weighted by molar-refractivity contribution is 5.67. The van der Waals surface area contributed by atoms with Gasteiger partial charge in [0.05, 0.1) is 17.6 Å². The molecule has 0 saturated carbocycles. The molecule has 0 saturated heterocycles. The van der Waals surface area contributed by atoms with Gasteiger partial charge in [-0.15, -0.1) is 0 Å². The molecule has 3 N–H and O–H groups in total. The normalized spacial score (nSPS) is 10.1. The molecule has 6 heteroatoms. The topological polar surface area (TPSA) is 63.8 Å². The number of rotatable bonds is 2. The lowest BCUT2D eigenvalue weighted by Crippen LogP contribution is -2.01. The van der Waals surface area contributed by atoms with Crippen LogP contribution < -0.4 is 11.1 Å². The fourth-order valence-corrected chi connectivity index (χ4v) is 1.17. The quantitative estimate of drug-likeness (QED) is 0.816. The number of nitrogens with two attached hydrogens (primary N) is 1. The standard InChI is InChI=1S/C10H8F2N4/c11-6-1-2-7(12)9(3-6)16-10-8(13)4-14-5-15-10/h1-5H,13H2,(H,14,15,16). The van der Waals surface area contributed by atoms with Crippen molar-refractivity contribution in [2.24, 2.45) is 0 Å². The minimum atomic E-state index is -0.584. The van der Waals surface area contributed by atoms with E-state index in [2.05, 4.69) is 15.3 Å². The molecule has 0 atom stereocenters. The zero-order valence-corrected chi connectivity index (χ0v) is 8.11. The van der Waals surface area contributed by atoms with Crippen LogP contribution in [0.3, 0.4) is 0 Å². The summed E-state index contributed by atoms with van der Waals surface area (Å²) in [5.41, 5.74) is 5.79. The van der Waals surface area contributed by atoms with Crippen LogP contribution in [0.4, 0.5) is 26.0 Å². The Morgan fingerprint density at radius 3 is 2.81 bits per heavy atom. The van der Waals surface area contributed by atoms with Gasteiger partial charge in [0.15, 0.2) is 5.82 Å². The molecular weight excluding hydrogens is 214 g/mol. The molecule has 0 amide bonds. The molecule has 0 radical (unpaired) electrons. The van der Waals surface area contributed by atoms with Gasteiger partial charge in [-0.1, -0.05) is 0 Å². The Balaban J connectivity index is 2.34. The monoisotopic (exact) mass is 222 g/mol. The smallest absolute Gasteiger partial charge is 0.157 e. The summed E-state index contributed by atoms with van der Waals surface area (Å²) in [5.74, 6) is -0.893. The first-order valence-electron chi connectivity index (χ1n) is 4.44. The van der Waals surface area contributed by atoms with Crippen molar-refractivity contribution in [2.75, 3.05) is 11.1 Å². The maximum absolute atomic E-state index is 13.3. The van der Waals surface area contributed by atoms with Crippen molar-refractivity contribution in [1.29, 1.82) is 0 Å². The third kappa shape index (κ3) is 2.05. The first-order chi connectivity index (χ1) is 7.66. The molecule has 4 nitrogen and oxygen atoms in total. The number of nitrogen functional groups attached to an aromatic ring is 1. The minimum Gasteiger partial charge on any atom is -0.394 e. The molecule has 16 heavy (non-hydrogen) atoms. The molecule has 0 bridgehead atoms. The molecule has 1 heterocycles. The van der Waals surface area contributed by atoms with Gasteiger partial charge in [-0.2, -0.15) is 0 Å². The maximum Gasteiger partial charge on any atom is 0.157 e. The summed E-state index contributed by atoms with van der Waals surface area (Å²) in [7, 11) is 0. The lowest BCUT2D eigenvalue weighted by atomic mass is 10.3. The van der Waals surface area contributed by atoms with Crippen LogP contribution in [-0.2, 0) is 0 Å². The van der Waals surface area contributed by atoms with Crippen LogP contribution in [0.5, 0.6) is 0 Å². The summed E-state index contributed by atoms with van der Waals surface area (Å²) in [6, 6.07) is 3.08. The van der Waals surface area contributed by atoms with Crippen LogP contribution in [0.2, 0.25) is 0 Å². The third-order valence-corrected chi connectivity index (χ3v) is 1.92. The Morgan fingerprint density at radius 1 is 1.25 bits per heavy atom. The predicted octanol–water partition coefficient (Wildman–Crippen LogP) is 2.08. The van der Waals surface area contributed by atoms with Gasteiger partial charge in [0.2, 0.25) is 0 Å². The molecule has 1 aromatic carbocycles. The molecule has 0 aliphatic carbocycles. The maximum atomic E-state index is 13.3. The summed E-state index contributed by atoms with van der Waals surface area (Å²) < 4.78 is 26.2. The Morgan fingerprint density at radius 2 is 2.06 bits per heavy atom. The van der Waals surface area contributed by atoms with E-state index in [0.717, 1.165) is 18.2 Å². The molecule has 82 valence electrons. The molecule has 0 fully saturated rings. The van der Waals surface area contributed by atoms with E-state index in [0.29, 0.717) is 0 Å². The lowest BCUT2D eigenvalue weighted by Gasteiger charge is -2.08. The van der Waals surface area contributed by atoms with E-state index in [1.54, 1.807) is 0 Å². The lowest BCUT2D eigenvalue weighted by molar-refractivity contribution is 0.603. The Labute approximate surface area is 90.1 Å². The van der Waals surface area contributed by atoms with Crippen molar-refractivity contribution >= 4 is 17.2 Å². The van der Waals surface area contributed by atoms with Gasteiger partial charge in [-0.3, -0.25) is 0 Å². The largest absolute Gasteiger partial charge is 0.394 e. The number of nitrogens with zero attached hydrogens (tertiary/aromatic N) is 2. The molecule has 0 spiro atoms. The summed E-state index contributed by atoms with van der Waals surface area (Å²) in [5, 5.41) is 2.59. The van der Waals surface area contributed by atoms with Crippen LogP contribution in [0, 0.1) is 11.6 Å². The first-order valence-corrected chi connectivity index (χ1v) is 4.44. The third-order valence-electron chi connectivity index (χ3n) is 1.92. The Bertz CT molecular complexity index is 516. The SMILES string of the molecule is Nc1cncnc1Nc1cc(F)ccc1F. The zero-order valence-electron chi connectivity index (χ0n) is 8.11. The van der Waals surface area contributed by atoms with E-state index in [4.69, 9.17) is 5.73 Å². The molecule has 0 unspecified atom stereocenters. The highest BCUT2D eigenvalue weighted by Gasteiger charge is 2.06. The second-order valence-electron chi connectivity index (χ2n) is 3.08. The van der Waals surface area contributed by atoms with Gasteiger partial charge in [-0.25, -0.2) is 18.7 Å². The van der Waals surface area contributed by atoms with E-state index in [9.17, 15) is 8.78 Å². The number of nitrogens with one attached hydrogen (secondary N) is 1. The summed E-state index contributed by atoms with van der Waals surface area (Å²) >= 11 is 0. The fraction of sp³-hybridized carbons (Fsp3) is 0. The van der Waals surface area contributed by atoms with Crippen molar-refractivity contribution < 1.29 is 8.78 Å². The van der Waals surface area contributed by atoms with E-state index in [1.807, 2.05) is 0 Å². The summed E-state index contributed by atoms with van der Waals surface area (Å²) in [6.07, 6.45) is 2.63. The van der Waals surface area contributed by atoms with Crippen LogP contribution in [0.1, 0.15) is 0 Å². The van der Waals surface area contributed by atoms with Crippen LogP contribution in [0.25, 0.3) is 0 Å². The molecule has 1 aromatic heterocycles. The van der Waals surface area contributed by atoms with Crippen molar-refractivity contribution in [2.45, 2.75) is 0 Å². The van der Waals surface area contributed by atoms with E-state index in [1.165, 1.54) is 12.5 Å². The van der Waals surface area contributed by atoms with Crippen LogP contribution >= 0.6 is 0 Å². The number of anilines is 3. The Kier molecular flexibility index (Phi) is 2.63. The minimum absolute atomic E-state index is 0.0228. The summed E-state index contributed by atoms with van der Waals surface area (Å²) in [6.45, 7) is 0. The number of benzene rings is 1. The zero-order chi connectivity index (χ0) is 11.5. The number of hydrogen-bond acceptors (Lipinski definition) is 4. The highest BCUT2D eigenvalue weighted by atomic mass is 19.1. The van der Waals surface area contributed by atoms with E-state index >= 15 is 0 Å². The highest BCUT2D eigenvalue weighted by Crippen LogP contribution is 2.22.